The van der Waals surface area contributed by atoms with Crippen molar-refractivity contribution in [2.24, 2.45) is 0 Å². The normalized spacial score (nSPS) is 23.6. The number of anilines is 1. The van der Waals surface area contributed by atoms with Gasteiger partial charge in [0.2, 0.25) is 0 Å². The van der Waals surface area contributed by atoms with E-state index in [2.05, 4.69) is 21.4 Å². The van der Waals surface area contributed by atoms with E-state index in [1.807, 2.05) is 4.57 Å². The second-order valence-corrected chi connectivity index (χ2v) is 9.59. The summed E-state index contributed by atoms with van der Waals surface area (Å²) in [5, 5.41) is 22.7. The highest BCUT2D eigenvalue weighted by Crippen LogP contribution is 2.51. The zero-order valence-corrected chi connectivity index (χ0v) is 16.3. The number of ether oxygens (including phenoxy) is 1. The number of aliphatic hydroxyl groups is 2. The minimum absolute atomic E-state index is 0.217. The lowest BCUT2D eigenvalue weighted by molar-refractivity contribution is -0.0417. The van der Waals surface area contributed by atoms with Gasteiger partial charge in [0.05, 0.1) is 42.4 Å². The van der Waals surface area contributed by atoms with Crippen molar-refractivity contribution < 1.29 is 14.9 Å². The van der Waals surface area contributed by atoms with E-state index in [1.165, 1.54) is 25.1 Å². The Bertz CT molecular complexity index is 1330. The molecule has 4 N–H and O–H groups in total. The standard InChI is InChI=1S/C17H14N4O3S3/c18-16-10-13-11(14-15(27-13)12-8(26-14)1-2-25-12)21(17(10)20-5-19-16)9-3-6(23)7(4-22)24-9/h1-2,5-7,9,22-23H,3-4H2,(H2,18,19,20)/t6-,7-,9-/m1/s1. The lowest BCUT2D eigenvalue weighted by Crippen LogP contribution is -2.24. The number of aromatic nitrogens is 3. The van der Waals surface area contributed by atoms with Gasteiger partial charge in [0.25, 0.3) is 0 Å². The van der Waals surface area contributed by atoms with Crippen molar-refractivity contribution in [2.45, 2.75) is 24.9 Å². The Labute approximate surface area is 164 Å². The molecule has 0 aromatic carbocycles. The third-order valence-corrected chi connectivity index (χ3v) is 8.81. The maximum absolute atomic E-state index is 10.3. The number of thiophene rings is 3. The van der Waals surface area contributed by atoms with Crippen LogP contribution in [-0.4, -0.2) is 43.6 Å². The first-order valence-corrected chi connectivity index (χ1v) is 11.0. The van der Waals surface area contributed by atoms with Crippen molar-refractivity contribution >= 4 is 79.9 Å². The SMILES string of the molecule is Nc1ncnc2c1c1sc3c4sccc4sc3c1n2[C@H]1C[C@@H](O)[C@@H](CO)O1. The van der Waals surface area contributed by atoms with E-state index >= 15 is 0 Å². The lowest BCUT2D eigenvalue weighted by Gasteiger charge is -2.15. The van der Waals surface area contributed by atoms with Crippen LogP contribution >= 0.6 is 34.0 Å². The largest absolute Gasteiger partial charge is 0.394 e. The second-order valence-electron chi connectivity index (χ2n) is 6.60. The van der Waals surface area contributed by atoms with E-state index in [-0.39, 0.29) is 6.61 Å². The molecule has 0 radical (unpaired) electrons. The van der Waals surface area contributed by atoms with Crippen LogP contribution in [0, 0.1) is 0 Å². The van der Waals surface area contributed by atoms with Crippen molar-refractivity contribution in [1.82, 2.24) is 14.5 Å². The van der Waals surface area contributed by atoms with Crippen molar-refractivity contribution in [2.75, 3.05) is 12.3 Å². The Hall–Kier alpha value is -1.82. The third kappa shape index (κ3) is 2.05. The van der Waals surface area contributed by atoms with Crippen LogP contribution in [0.15, 0.2) is 17.8 Å². The maximum Gasteiger partial charge on any atom is 0.149 e. The molecule has 6 heterocycles. The molecule has 138 valence electrons. The van der Waals surface area contributed by atoms with Crippen molar-refractivity contribution in [3.63, 3.8) is 0 Å². The predicted molar refractivity (Wildman–Crippen MR) is 110 cm³/mol. The highest BCUT2D eigenvalue weighted by molar-refractivity contribution is 7.41. The summed E-state index contributed by atoms with van der Waals surface area (Å²) in [5.74, 6) is 0.442. The molecule has 0 unspecified atom stereocenters. The predicted octanol–water partition coefficient (Wildman–Crippen LogP) is 3.30. The van der Waals surface area contributed by atoms with Gasteiger partial charge in [0.15, 0.2) is 0 Å². The molecule has 5 aromatic rings. The van der Waals surface area contributed by atoms with Gasteiger partial charge in [0, 0.05) is 11.1 Å². The van der Waals surface area contributed by atoms with E-state index in [0.29, 0.717) is 17.9 Å². The van der Waals surface area contributed by atoms with Crippen LogP contribution in [0.1, 0.15) is 12.6 Å². The fourth-order valence-electron chi connectivity index (χ4n) is 3.91. The molecule has 0 bridgehead atoms. The Morgan fingerprint density at radius 3 is 2.93 bits per heavy atom. The van der Waals surface area contributed by atoms with Crippen LogP contribution in [0.25, 0.3) is 40.0 Å². The summed E-state index contributed by atoms with van der Waals surface area (Å²) in [6, 6.07) is 2.14. The van der Waals surface area contributed by atoms with E-state index in [0.717, 1.165) is 15.6 Å². The quantitative estimate of drug-likeness (QED) is 0.406. The van der Waals surface area contributed by atoms with Gasteiger partial charge in [-0.1, -0.05) is 0 Å². The van der Waals surface area contributed by atoms with Crippen molar-refractivity contribution in [1.29, 1.82) is 0 Å². The van der Waals surface area contributed by atoms with E-state index in [1.54, 1.807) is 34.0 Å². The topological polar surface area (TPSA) is 106 Å². The van der Waals surface area contributed by atoms with E-state index in [9.17, 15) is 10.2 Å². The Morgan fingerprint density at radius 2 is 2.11 bits per heavy atom. The molecule has 1 aliphatic heterocycles. The fraction of sp³-hybridized carbons (Fsp3) is 0.294. The maximum atomic E-state index is 10.3. The molecule has 1 aliphatic rings. The van der Waals surface area contributed by atoms with Gasteiger partial charge >= 0.3 is 0 Å². The number of hydrogen-bond acceptors (Lipinski definition) is 9. The zero-order chi connectivity index (χ0) is 18.3. The van der Waals surface area contributed by atoms with E-state index < -0.39 is 18.4 Å². The summed E-state index contributed by atoms with van der Waals surface area (Å²) in [4.78, 5) is 8.67. The smallest absolute Gasteiger partial charge is 0.149 e. The second kappa shape index (κ2) is 5.60. The van der Waals surface area contributed by atoms with Gasteiger partial charge in [-0.3, -0.25) is 4.57 Å². The molecule has 0 spiro atoms. The van der Waals surface area contributed by atoms with Crippen LogP contribution < -0.4 is 5.73 Å². The van der Waals surface area contributed by atoms with Crippen LogP contribution in [-0.2, 0) is 4.74 Å². The molecular weight excluding hydrogens is 404 g/mol. The highest BCUT2D eigenvalue weighted by atomic mass is 32.1. The van der Waals surface area contributed by atoms with Gasteiger partial charge in [0.1, 0.15) is 30.1 Å². The molecule has 3 atom stereocenters. The molecule has 1 saturated heterocycles. The molecule has 0 aliphatic carbocycles. The summed E-state index contributed by atoms with van der Waals surface area (Å²) < 4.78 is 14.0. The minimum atomic E-state index is -0.715. The summed E-state index contributed by atoms with van der Waals surface area (Å²) in [6.45, 7) is -0.217. The molecule has 27 heavy (non-hydrogen) atoms. The lowest BCUT2D eigenvalue weighted by atomic mass is 10.2. The minimum Gasteiger partial charge on any atom is -0.394 e. The Morgan fingerprint density at radius 1 is 1.22 bits per heavy atom. The Balaban J connectivity index is 1.74. The van der Waals surface area contributed by atoms with Gasteiger partial charge in [-0.2, -0.15) is 0 Å². The summed E-state index contributed by atoms with van der Waals surface area (Å²) in [6.07, 6.45) is 0.127. The monoisotopic (exact) mass is 418 g/mol. The number of nitrogen functional groups attached to an aromatic ring is 1. The van der Waals surface area contributed by atoms with Crippen LogP contribution in [0.2, 0.25) is 0 Å². The molecule has 7 nitrogen and oxygen atoms in total. The number of nitrogens with zero attached hydrogens (tertiary/aromatic N) is 3. The van der Waals surface area contributed by atoms with Crippen molar-refractivity contribution in [3.05, 3.63) is 17.8 Å². The van der Waals surface area contributed by atoms with Crippen molar-refractivity contribution in [3.8, 4) is 0 Å². The summed E-state index contributed by atoms with van der Waals surface area (Å²) in [7, 11) is 0. The summed E-state index contributed by atoms with van der Waals surface area (Å²) >= 11 is 5.19. The molecule has 0 amide bonds. The number of nitrogens with two attached hydrogens (primary N) is 1. The van der Waals surface area contributed by atoms with E-state index in [4.69, 9.17) is 10.5 Å². The number of hydrogen-bond donors (Lipinski definition) is 3. The van der Waals surface area contributed by atoms with Crippen LogP contribution in [0.5, 0.6) is 0 Å². The van der Waals surface area contributed by atoms with Crippen LogP contribution in [0.4, 0.5) is 5.82 Å². The van der Waals surface area contributed by atoms with Gasteiger partial charge in [-0.05, 0) is 11.4 Å². The molecule has 5 aromatic heterocycles. The molecule has 0 saturated carbocycles. The third-order valence-electron chi connectivity index (χ3n) is 5.11. The molecule has 6 rings (SSSR count). The molecular formula is C17H14N4O3S3. The van der Waals surface area contributed by atoms with Gasteiger partial charge < -0.3 is 20.7 Å². The first-order chi connectivity index (χ1) is 13.2. The zero-order valence-electron chi connectivity index (χ0n) is 13.8. The first-order valence-electron chi connectivity index (χ1n) is 8.44. The summed E-state index contributed by atoms with van der Waals surface area (Å²) in [5.41, 5.74) is 7.95. The first kappa shape index (κ1) is 16.2. The highest BCUT2D eigenvalue weighted by Gasteiger charge is 2.37. The average molecular weight is 419 g/mol. The fourth-order valence-corrected chi connectivity index (χ4v) is 7.94. The number of rotatable bonds is 2. The number of fused-ring (bicyclic) bond motifs is 7. The average Bonchev–Trinajstić information content (AvgIpc) is 3.40. The van der Waals surface area contributed by atoms with Gasteiger partial charge in [-0.15, -0.1) is 34.0 Å². The number of aliphatic hydroxyl groups excluding tert-OH is 2. The van der Waals surface area contributed by atoms with Gasteiger partial charge in [-0.25, -0.2) is 9.97 Å². The molecule has 1 fully saturated rings. The molecule has 10 heteroatoms. The van der Waals surface area contributed by atoms with Crippen LogP contribution in [0.3, 0.4) is 0 Å². The Kier molecular flexibility index (Phi) is 3.35.